The molecule has 0 radical (unpaired) electrons. The standard InChI is InChI=1S/C19H24N4O/c1-15-5-6-18(12-16(15)2)21-19(24)23-10-8-22(9-11-23)14-17-4-3-7-20-13-17/h3-7,12-13H,8-11,14H2,1-2H3,(H,21,24). The predicted octanol–water partition coefficient (Wildman–Crippen LogP) is 3.05. The van der Waals surface area contributed by atoms with Gasteiger partial charge in [0.2, 0.25) is 0 Å². The van der Waals surface area contributed by atoms with Crippen molar-refractivity contribution in [3.05, 3.63) is 59.4 Å². The fraction of sp³-hybridized carbons (Fsp3) is 0.368. The molecule has 1 aromatic heterocycles. The zero-order valence-electron chi connectivity index (χ0n) is 14.3. The summed E-state index contributed by atoms with van der Waals surface area (Å²) in [5, 5.41) is 3.00. The molecule has 2 aromatic rings. The number of carbonyl (C=O) groups is 1. The van der Waals surface area contributed by atoms with Gasteiger partial charge in [0.25, 0.3) is 0 Å². The average Bonchev–Trinajstić information content (AvgIpc) is 2.60. The number of nitrogens with zero attached hydrogens (tertiary/aromatic N) is 3. The molecule has 0 spiro atoms. The monoisotopic (exact) mass is 324 g/mol. The van der Waals surface area contributed by atoms with Gasteiger partial charge in [-0.2, -0.15) is 0 Å². The van der Waals surface area contributed by atoms with Crippen LogP contribution in [0.1, 0.15) is 16.7 Å². The number of urea groups is 1. The third kappa shape index (κ3) is 4.11. The third-order valence-electron chi connectivity index (χ3n) is 4.55. The molecule has 0 unspecified atom stereocenters. The lowest BCUT2D eigenvalue weighted by molar-refractivity contribution is 0.143. The van der Waals surface area contributed by atoms with Gasteiger partial charge in [-0.15, -0.1) is 0 Å². The molecule has 1 saturated heterocycles. The molecule has 1 N–H and O–H groups in total. The van der Waals surface area contributed by atoms with Crippen LogP contribution in [0.25, 0.3) is 0 Å². The second kappa shape index (κ2) is 7.45. The van der Waals surface area contributed by atoms with Crippen LogP contribution in [0.2, 0.25) is 0 Å². The van der Waals surface area contributed by atoms with Gasteiger partial charge in [-0.3, -0.25) is 9.88 Å². The molecule has 2 amide bonds. The molecular weight excluding hydrogens is 300 g/mol. The number of aromatic nitrogens is 1. The molecule has 2 heterocycles. The molecule has 0 aliphatic carbocycles. The fourth-order valence-corrected chi connectivity index (χ4v) is 2.88. The third-order valence-corrected chi connectivity index (χ3v) is 4.55. The Bertz CT molecular complexity index is 694. The minimum atomic E-state index is -0.0146. The van der Waals surface area contributed by atoms with Crippen LogP contribution in [-0.4, -0.2) is 47.0 Å². The lowest BCUT2D eigenvalue weighted by Gasteiger charge is -2.34. The van der Waals surface area contributed by atoms with Gasteiger partial charge in [-0.1, -0.05) is 12.1 Å². The quantitative estimate of drug-likeness (QED) is 0.944. The van der Waals surface area contributed by atoms with Crippen molar-refractivity contribution in [3.8, 4) is 0 Å². The topological polar surface area (TPSA) is 48.5 Å². The maximum Gasteiger partial charge on any atom is 0.321 e. The van der Waals surface area contributed by atoms with Crippen LogP contribution in [0.15, 0.2) is 42.7 Å². The number of carbonyl (C=O) groups excluding carboxylic acids is 1. The number of hydrogen-bond donors (Lipinski definition) is 1. The van der Waals surface area contributed by atoms with E-state index in [1.807, 2.05) is 35.4 Å². The zero-order chi connectivity index (χ0) is 16.9. The number of amides is 2. The van der Waals surface area contributed by atoms with Crippen LogP contribution < -0.4 is 5.32 Å². The Kier molecular flexibility index (Phi) is 5.11. The van der Waals surface area contributed by atoms with E-state index in [-0.39, 0.29) is 6.03 Å². The molecule has 3 rings (SSSR count). The fourth-order valence-electron chi connectivity index (χ4n) is 2.88. The largest absolute Gasteiger partial charge is 0.322 e. The van der Waals surface area contributed by atoms with Crippen LogP contribution in [0.3, 0.4) is 0 Å². The molecular formula is C19H24N4O. The van der Waals surface area contributed by atoms with E-state index < -0.39 is 0 Å². The molecule has 126 valence electrons. The molecule has 1 fully saturated rings. The Hall–Kier alpha value is -2.40. The van der Waals surface area contributed by atoms with Crippen LogP contribution in [0.4, 0.5) is 10.5 Å². The predicted molar refractivity (Wildman–Crippen MR) is 96.0 cm³/mol. The number of nitrogens with one attached hydrogen (secondary N) is 1. The molecule has 1 aliphatic heterocycles. The van der Waals surface area contributed by atoms with Gasteiger partial charge < -0.3 is 10.2 Å². The first kappa shape index (κ1) is 16.5. The van der Waals surface area contributed by atoms with Gasteiger partial charge >= 0.3 is 6.03 Å². The smallest absolute Gasteiger partial charge is 0.321 e. The van der Waals surface area contributed by atoms with E-state index in [1.165, 1.54) is 16.7 Å². The van der Waals surface area contributed by atoms with E-state index in [0.717, 1.165) is 38.4 Å². The first-order chi connectivity index (χ1) is 11.6. The highest BCUT2D eigenvalue weighted by Crippen LogP contribution is 2.15. The highest BCUT2D eigenvalue weighted by atomic mass is 16.2. The first-order valence-corrected chi connectivity index (χ1v) is 8.36. The van der Waals surface area contributed by atoms with Crippen LogP contribution in [0, 0.1) is 13.8 Å². The number of pyridine rings is 1. The van der Waals surface area contributed by atoms with E-state index in [9.17, 15) is 4.79 Å². The van der Waals surface area contributed by atoms with Crippen molar-refractivity contribution in [2.75, 3.05) is 31.5 Å². The number of aryl methyl sites for hydroxylation is 2. The SMILES string of the molecule is Cc1ccc(NC(=O)N2CCN(Cc3cccnc3)CC2)cc1C. The maximum absolute atomic E-state index is 12.4. The second-order valence-electron chi connectivity index (χ2n) is 6.35. The second-order valence-corrected chi connectivity index (χ2v) is 6.35. The molecule has 0 bridgehead atoms. The van der Waals surface area contributed by atoms with Crippen LogP contribution >= 0.6 is 0 Å². The van der Waals surface area contributed by atoms with E-state index in [2.05, 4.69) is 35.1 Å². The molecule has 1 aliphatic rings. The summed E-state index contributed by atoms with van der Waals surface area (Å²) < 4.78 is 0. The van der Waals surface area contributed by atoms with Crippen molar-refractivity contribution in [2.45, 2.75) is 20.4 Å². The van der Waals surface area contributed by atoms with Gasteiger partial charge in [0.05, 0.1) is 0 Å². The lowest BCUT2D eigenvalue weighted by atomic mass is 10.1. The molecule has 5 heteroatoms. The highest BCUT2D eigenvalue weighted by molar-refractivity contribution is 5.89. The highest BCUT2D eigenvalue weighted by Gasteiger charge is 2.21. The summed E-state index contributed by atoms with van der Waals surface area (Å²) in [6.45, 7) is 8.28. The molecule has 5 nitrogen and oxygen atoms in total. The van der Waals surface area contributed by atoms with Crippen molar-refractivity contribution >= 4 is 11.7 Å². The maximum atomic E-state index is 12.4. The van der Waals surface area contributed by atoms with Crippen molar-refractivity contribution in [1.29, 1.82) is 0 Å². The van der Waals surface area contributed by atoms with Gasteiger partial charge in [0, 0.05) is 50.8 Å². The number of benzene rings is 1. The van der Waals surface area contributed by atoms with E-state index in [0.29, 0.717) is 0 Å². The summed E-state index contributed by atoms with van der Waals surface area (Å²) in [5.74, 6) is 0. The average molecular weight is 324 g/mol. The minimum absolute atomic E-state index is 0.0146. The Morgan fingerprint density at radius 3 is 2.58 bits per heavy atom. The molecule has 0 atom stereocenters. The Morgan fingerprint density at radius 1 is 1.12 bits per heavy atom. The van der Waals surface area contributed by atoms with Gasteiger partial charge in [-0.25, -0.2) is 4.79 Å². The van der Waals surface area contributed by atoms with Crippen LogP contribution in [-0.2, 0) is 6.54 Å². The van der Waals surface area contributed by atoms with Gasteiger partial charge in [-0.05, 0) is 48.7 Å². The molecule has 1 aromatic carbocycles. The molecule has 0 saturated carbocycles. The Labute approximate surface area is 143 Å². The van der Waals surface area contributed by atoms with Crippen molar-refractivity contribution in [3.63, 3.8) is 0 Å². The summed E-state index contributed by atoms with van der Waals surface area (Å²) in [6, 6.07) is 10.1. The number of hydrogen-bond acceptors (Lipinski definition) is 3. The summed E-state index contributed by atoms with van der Waals surface area (Å²) in [6.07, 6.45) is 3.69. The van der Waals surface area contributed by atoms with E-state index in [4.69, 9.17) is 0 Å². The van der Waals surface area contributed by atoms with Crippen LogP contribution in [0.5, 0.6) is 0 Å². The lowest BCUT2D eigenvalue weighted by Crippen LogP contribution is -2.49. The Balaban J connectivity index is 1.50. The van der Waals surface area contributed by atoms with E-state index in [1.54, 1.807) is 6.20 Å². The zero-order valence-corrected chi connectivity index (χ0v) is 14.3. The summed E-state index contributed by atoms with van der Waals surface area (Å²) in [7, 11) is 0. The minimum Gasteiger partial charge on any atom is -0.322 e. The van der Waals surface area contributed by atoms with Gasteiger partial charge in [0.15, 0.2) is 0 Å². The van der Waals surface area contributed by atoms with Crippen molar-refractivity contribution < 1.29 is 4.79 Å². The first-order valence-electron chi connectivity index (χ1n) is 8.36. The number of rotatable bonds is 3. The normalized spacial score (nSPS) is 15.3. The summed E-state index contributed by atoms with van der Waals surface area (Å²) in [5.41, 5.74) is 4.50. The van der Waals surface area contributed by atoms with E-state index >= 15 is 0 Å². The summed E-state index contributed by atoms with van der Waals surface area (Å²) >= 11 is 0. The van der Waals surface area contributed by atoms with Crippen molar-refractivity contribution in [2.24, 2.45) is 0 Å². The number of anilines is 1. The number of piperazine rings is 1. The molecule has 24 heavy (non-hydrogen) atoms. The van der Waals surface area contributed by atoms with Gasteiger partial charge in [0.1, 0.15) is 0 Å². The summed E-state index contributed by atoms with van der Waals surface area (Å²) in [4.78, 5) is 20.8. The Morgan fingerprint density at radius 2 is 1.92 bits per heavy atom. The van der Waals surface area contributed by atoms with Crippen molar-refractivity contribution in [1.82, 2.24) is 14.8 Å².